The molecular weight excluding hydrogens is 328 g/mol. The Kier molecular flexibility index (Phi) is 4.14. The van der Waals surface area contributed by atoms with Crippen LogP contribution in [0.25, 0.3) is 0 Å². The highest BCUT2D eigenvalue weighted by atomic mass is 35.5. The van der Waals surface area contributed by atoms with Crippen molar-refractivity contribution in [3.05, 3.63) is 44.7 Å². The average Bonchev–Trinajstić information content (AvgIpc) is 2.98. The van der Waals surface area contributed by atoms with E-state index >= 15 is 0 Å². The van der Waals surface area contributed by atoms with Gasteiger partial charge in [0, 0.05) is 25.2 Å². The SMILES string of the molecule is CN(Cc1ccoc1)S(=O)(=O)c1cc([N+](=O)[O-])c(Cl)s1. The second-order valence-electron chi connectivity index (χ2n) is 3.87. The molecule has 0 N–H and O–H groups in total. The lowest BCUT2D eigenvalue weighted by molar-refractivity contribution is -0.384. The number of sulfonamides is 1. The second-order valence-corrected chi connectivity index (χ2v) is 7.80. The van der Waals surface area contributed by atoms with Gasteiger partial charge >= 0.3 is 0 Å². The summed E-state index contributed by atoms with van der Waals surface area (Å²) in [5.74, 6) is 0. The Labute approximate surface area is 123 Å². The molecule has 7 nitrogen and oxygen atoms in total. The normalized spacial score (nSPS) is 11.9. The molecule has 20 heavy (non-hydrogen) atoms. The van der Waals surface area contributed by atoms with Crippen molar-refractivity contribution in [1.29, 1.82) is 0 Å². The molecule has 0 saturated carbocycles. The van der Waals surface area contributed by atoms with E-state index in [1.807, 2.05) is 0 Å². The van der Waals surface area contributed by atoms with Gasteiger partial charge in [0.1, 0.15) is 4.21 Å². The molecule has 0 saturated heterocycles. The molecule has 0 spiro atoms. The molecule has 0 aliphatic rings. The number of furan rings is 1. The Morgan fingerprint density at radius 3 is 2.75 bits per heavy atom. The molecule has 0 unspecified atom stereocenters. The third-order valence-electron chi connectivity index (χ3n) is 2.49. The zero-order valence-corrected chi connectivity index (χ0v) is 12.5. The molecule has 0 amide bonds. The minimum absolute atomic E-state index is 0.0994. The van der Waals surface area contributed by atoms with Crippen LogP contribution in [0.2, 0.25) is 4.34 Å². The van der Waals surface area contributed by atoms with Crippen molar-refractivity contribution in [2.75, 3.05) is 7.05 Å². The van der Waals surface area contributed by atoms with Crippen LogP contribution in [0.1, 0.15) is 5.56 Å². The van der Waals surface area contributed by atoms with Crippen molar-refractivity contribution in [2.45, 2.75) is 10.8 Å². The summed E-state index contributed by atoms with van der Waals surface area (Å²) >= 11 is 6.33. The Morgan fingerprint density at radius 1 is 1.55 bits per heavy atom. The standard InChI is InChI=1S/C10H9ClN2O5S2/c1-12(5-7-2-3-18-6-7)20(16,17)9-4-8(13(14)15)10(11)19-9/h2-4,6H,5H2,1H3. The van der Waals surface area contributed by atoms with E-state index in [2.05, 4.69) is 0 Å². The fourth-order valence-corrected chi connectivity index (χ4v) is 4.50. The summed E-state index contributed by atoms with van der Waals surface area (Å²) in [7, 11) is -2.45. The Bertz CT molecular complexity index is 723. The highest BCUT2D eigenvalue weighted by Crippen LogP contribution is 2.37. The van der Waals surface area contributed by atoms with E-state index in [0.29, 0.717) is 16.9 Å². The lowest BCUT2D eigenvalue weighted by Gasteiger charge is -2.14. The van der Waals surface area contributed by atoms with Crippen LogP contribution < -0.4 is 0 Å². The first kappa shape index (κ1) is 15.0. The molecule has 2 heterocycles. The van der Waals surface area contributed by atoms with Crippen LogP contribution in [0.4, 0.5) is 5.69 Å². The zero-order chi connectivity index (χ0) is 14.9. The molecule has 0 bridgehead atoms. The van der Waals surface area contributed by atoms with E-state index in [1.54, 1.807) is 6.07 Å². The van der Waals surface area contributed by atoms with Gasteiger partial charge in [-0.1, -0.05) is 11.6 Å². The van der Waals surface area contributed by atoms with Crippen molar-refractivity contribution >= 4 is 38.6 Å². The van der Waals surface area contributed by atoms with Crippen LogP contribution in [-0.4, -0.2) is 24.7 Å². The molecule has 0 atom stereocenters. The van der Waals surface area contributed by atoms with Gasteiger partial charge in [0.25, 0.3) is 15.7 Å². The van der Waals surface area contributed by atoms with Gasteiger partial charge in [-0.25, -0.2) is 8.42 Å². The van der Waals surface area contributed by atoms with Crippen molar-refractivity contribution in [3.63, 3.8) is 0 Å². The summed E-state index contributed by atoms with van der Waals surface area (Å²) in [6.07, 6.45) is 2.86. The Hall–Kier alpha value is -1.42. The third kappa shape index (κ3) is 2.85. The number of nitrogens with zero attached hydrogens (tertiary/aromatic N) is 2. The molecule has 10 heteroatoms. The van der Waals surface area contributed by atoms with Gasteiger partial charge in [0.2, 0.25) is 0 Å². The first-order valence-corrected chi connectivity index (χ1v) is 7.87. The van der Waals surface area contributed by atoms with E-state index < -0.39 is 20.6 Å². The molecule has 2 rings (SSSR count). The van der Waals surface area contributed by atoms with Crippen LogP contribution in [-0.2, 0) is 16.6 Å². The Morgan fingerprint density at radius 2 is 2.25 bits per heavy atom. The molecule has 2 aromatic heterocycles. The molecule has 0 fully saturated rings. The lowest BCUT2D eigenvalue weighted by Crippen LogP contribution is -2.25. The molecule has 2 aromatic rings. The highest BCUT2D eigenvalue weighted by molar-refractivity contribution is 7.91. The number of halogens is 1. The summed E-state index contributed by atoms with van der Waals surface area (Å²) in [4.78, 5) is 9.98. The summed E-state index contributed by atoms with van der Waals surface area (Å²) in [5.41, 5.74) is 0.264. The van der Waals surface area contributed by atoms with Gasteiger partial charge in [-0.2, -0.15) is 4.31 Å². The summed E-state index contributed by atoms with van der Waals surface area (Å²) in [5, 5.41) is 10.7. The van der Waals surface area contributed by atoms with Gasteiger partial charge in [-0.3, -0.25) is 10.1 Å². The Balaban J connectivity index is 2.30. The van der Waals surface area contributed by atoms with E-state index in [9.17, 15) is 18.5 Å². The van der Waals surface area contributed by atoms with Crippen LogP contribution in [0.5, 0.6) is 0 Å². The van der Waals surface area contributed by atoms with Gasteiger partial charge in [0.05, 0.1) is 17.4 Å². The van der Waals surface area contributed by atoms with Gasteiger partial charge < -0.3 is 4.42 Å². The minimum atomic E-state index is -3.83. The van der Waals surface area contributed by atoms with Gasteiger partial charge in [-0.15, -0.1) is 11.3 Å². The molecule has 0 radical (unpaired) electrons. The van der Waals surface area contributed by atoms with Crippen LogP contribution in [0.3, 0.4) is 0 Å². The number of thiophene rings is 1. The number of rotatable bonds is 5. The van der Waals surface area contributed by atoms with Crippen molar-refractivity contribution in [3.8, 4) is 0 Å². The smallest absolute Gasteiger partial charge is 0.300 e. The summed E-state index contributed by atoms with van der Waals surface area (Å²) in [6, 6.07) is 2.60. The highest BCUT2D eigenvalue weighted by Gasteiger charge is 2.28. The van der Waals surface area contributed by atoms with Crippen molar-refractivity contribution in [1.82, 2.24) is 4.31 Å². The predicted molar refractivity (Wildman–Crippen MR) is 73.3 cm³/mol. The number of hydrogen-bond donors (Lipinski definition) is 0. The second kappa shape index (κ2) is 5.52. The fraction of sp³-hybridized carbons (Fsp3) is 0.200. The summed E-state index contributed by atoms with van der Waals surface area (Å²) in [6.45, 7) is 0.0994. The number of nitro groups is 1. The molecule has 0 aliphatic carbocycles. The zero-order valence-electron chi connectivity index (χ0n) is 10.1. The fourth-order valence-electron chi connectivity index (χ4n) is 1.47. The van der Waals surface area contributed by atoms with Crippen LogP contribution >= 0.6 is 22.9 Å². The third-order valence-corrected chi connectivity index (χ3v) is 6.08. The largest absolute Gasteiger partial charge is 0.472 e. The van der Waals surface area contributed by atoms with Gasteiger partial charge in [0.15, 0.2) is 4.34 Å². The minimum Gasteiger partial charge on any atom is -0.472 e. The maximum Gasteiger partial charge on any atom is 0.300 e. The topological polar surface area (TPSA) is 93.7 Å². The monoisotopic (exact) mass is 336 g/mol. The maximum atomic E-state index is 12.3. The van der Waals surface area contributed by atoms with Crippen LogP contribution in [0, 0.1) is 10.1 Å². The van der Waals surface area contributed by atoms with Gasteiger partial charge in [-0.05, 0) is 6.07 Å². The molecule has 108 valence electrons. The van der Waals surface area contributed by atoms with Crippen LogP contribution in [0.15, 0.2) is 33.3 Å². The molecule has 0 aromatic carbocycles. The van der Waals surface area contributed by atoms with Crippen molar-refractivity contribution in [2.24, 2.45) is 0 Å². The maximum absolute atomic E-state index is 12.3. The first-order valence-electron chi connectivity index (χ1n) is 5.23. The number of hydrogen-bond acceptors (Lipinski definition) is 6. The van der Waals surface area contributed by atoms with E-state index in [4.69, 9.17) is 16.0 Å². The van der Waals surface area contributed by atoms with E-state index in [0.717, 1.165) is 10.4 Å². The first-order chi connectivity index (χ1) is 9.32. The molecular formula is C10H9ClN2O5S2. The molecule has 0 aliphatic heterocycles. The summed E-state index contributed by atoms with van der Waals surface area (Å²) < 4.78 is 30.1. The average molecular weight is 337 g/mol. The predicted octanol–water partition coefficient (Wildman–Crippen LogP) is 2.72. The quantitative estimate of drug-likeness (QED) is 0.618. The van der Waals surface area contributed by atoms with E-state index in [1.165, 1.54) is 19.6 Å². The lowest BCUT2D eigenvalue weighted by atomic mass is 10.3. The van der Waals surface area contributed by atoms with Crippen molar-refractivity contribution < 1.29 is 17.8 Å². The van der Waals surface area contributed by atoms with E-state index in [-0.39, 0.29) is 15.1 Å².